The average Bonchev–Trinajstić information content (AvgIpc) is 2.97. The summed E-state index contributed by atoms with van der Waals surface area (Å²) in [5, 5.41) is 11.5. The van der Waals surface area contributed by atoms with Gasteiger partial charge in [0.25, 0.3) is 11.8 Å². The van der Waals surface area contributed by atoms with Crippen molar-refractivity contribution in [2.24, 2.45) is 0 Å². The minimum Gasteiger partial charge on any atom is -0.352 e. The number of nitrogens with zero attached hydrogens (tertiary/aromatic N) is 5. The molecule has 0 atom stereocenters. The smallest absolute Gasteiger partial charge is 0.352 e. The fourth-order valence-electron chi connectivity index (χ4n) is 4.50. The number of fused-ring (bicyclic) bond motifs is 2. The van der Waals surface area contributed by atoms with Crippen molar-refractivity contribution in [1.82, 2.24) is 15.1 Å². The van der Waals surface area contributed by atoms with E-state index in [1.165, 1.54) is 23.1 Å². The molecule has 3 heterocycles. The summed E-state index contributed by atoms with van der Waals surface area (Å²) in [5.74, 6) is -0.0989. The highest BCUT2D eigenvalue weighted by Gasteiger charge is 2.36. The van der Waals surface area contributed by atoms with E-state index >= 15 is 0 Å². The van der Waals surface area contributed by atoms with Crippen LogP contribution in [0.15, 0.2) is 48.5 Å². The molecular formula is C25H23F3N6O2. The molecule has 0 radical (unpaired) electrons. The van der Waals surface area contributed by atoms with Gasteiger partial charge in [0, 0.05) is 33.2 Å². The predicted molar refractivity (Wildman–Crippen MR) is 129 cm³/mol. The lowest BCUT2D eigenvalue weighted by atomic mass is 10.1. The Kier molecular flexibility index (Phi) is 5.77. The van der Waals surface area contributed by atoms with E-state index in [0.717, 1.165) is 17.3 Å². The van der Waals surface area contributed by atoms with Gasteiger partial charge in [-0.25, -0.2) is 0 Å². The number of piperazine rings is 1. The van der Waals surface area contributed by atoms with E-state index < -0.39 is 17.6 Å². The zero-order chi connectivity index (χ0) is 25.6. The minimum atomic E-state index is -4.61. The van der Waals surface area contributed by atoms with E-state index in [4.69, 9.17) is 0 Å². The van der Waals surface area contributed by atoms with Gasteiger partial charge >= 0.3 is 6.18 Å². The lowest BCUT2D eigenvalue weighted by molar-refractivity contribution is -0.138. The Bertz CT molecular complexity index is 1350. The molecule has 0 spiro atoms. The average molecular weight is 496 g/mol. The maximum Gasteiger partial charge on any atom is 0.417 e. The summed E-state index contributed by atoms with van der Waals surface area (Å²) in [4.78, 5) is 30.9. The lowest BCUT2D eigenvalue weighted by Gasteiger charge is -2.35. The van der Waals surface area contributed by atoms with Crippen molar-refractivity contribution in [3.63, 3.8) is 0 Å². The predicted octanol–water partition coefficient (Wildman–Crippen LogP) is 4.10. The Labute approximate surface area is 205 Å². The highest BCUT2D eigenvalue weighted by molar-refractivity contribution is 6.12. The third-order valence-electron chi connectivity index (χ3n) is 6.44. The quantitative estimate of drug-likeness (QED) is 0.576. The number of nitrogens with one attached hydrogen (secondary N) is 1. The Hall–Kier alpha value is -4.15. The molecule has 186 valence electrons. The number of aromatic nitrogens is 2. The van der Waals surface area contributed by atoms with Gasteiger partial charge in [-0.1, -0.05) is 18.2 Å². The zero-order valence-corrected chi connectivity index (χ0v) is 19.6. The minimum absolute atomic E-state index is 0.209. The van der Waals surface area contributed by atoms with Crippen LogP contribution >= 0.6 is 0 Å². The second kappa shape index (κ2) is 8.81. The first-order valence-corrected chi connectivity index (χ1v) is 11.4. The van der Waals surface area contributed by atoms with Gasteiger partial charge in [0.15, 0.2) is 11.6 Å². The monoisotopic (exact) mass is 496 g/mol. The van der Waals surface area contributed by atoms with E-state index in [-0.39, 0.29) is 24.6 Å². The second-order valence-electron chi connectivity index (χ2n) is 8.80. The molecule has 1 aromatic heterocycles. The van der Waals surface area contributed by atoms with Crippen LogP contribution in [0.25, 0.3) is 0 Å². The van der Waals surface area contributed by atoms with Gasteiger partial charge in [-0.2, -0.15) is 13.2 Å². The number of alkyl halides is 3. The van der Waals surface area contributed by atoms with Gasteiger partial charge in [-0.3, -0.25) is 9.59 Å². The molecule has 0 aliphatic carbocycles. The number of hydrogen-bond donors (Lipinski definition) is 1. The molecule has 2 aliphatic rings. The van der Waals surface area contributed by atoms with Crippen LogP contribution in [-0.4, -0.2) is 60.1 Å². The Morgan fingerprint density at radius 2 is 1.72 bits per heavy atom. The number of hydrogen-bond acceptors (Lipinski definition) is 6. The van der Waals surface area contributed by atoms with Crippen LogP contribution in [0.2, 0.25) is 0 Å². The molecule has 2 amide bonds. The molecule has 36 heavy (non-hydrogen) atoms. The number of benzene rings is 2. The van der Waals surface area contributed by atoms with Crippen LogP contribution in [-0.2, 0) is 6.18 Å². The second-order valence-corrected chi connectivity index (χ2v) is 8.80. The summed E-state index contributed by atoms with van der Waals surface area (Å²) >= 11 is 0. The van der Waals surface area contributed by atoms with Gasteiger partial charge in [-0.05, 0) is 42.8 Å². The SMILES string of the molecule is Cc1ccc2c(c1)N(C)c1nnc(N3CCN(C(=O)c4ccccc4C(F)(F)F)CC3)cc1C(=O)N2. The number of carbonyl (C=O) groups excluding carboxylic acids is 2. The first-order valence-electron chi connectivity index (χ1n) is 11.4. The third-order valence-corrected chi connectivity index (χ3v) is 6.44. The van der Waals surface area contributed by atoms with Crippen molar-refractivity contribution >= 4 is 34.8 Å². The number of anilines is 4. The summed E-state index contributed by atoms with van der Waals surface area (Å²) in [5.41, 5.74) is 1.55. The molecule has 0 unspecified atom stereocenters. The molecule has 8 nitrogen and oxygen atoms in total. The summed E-state index contributed by atoms with van der Waals surface area (Å²) in [6, 6.07) is 12.2. The van der Waals surface area contributed by atoms with E-state index in [9.17, 15) is 22.8 Å². The molecule has 2 aliphatic heterocycles. The van der Waals surface area contributed by atoms with Crippen molar-refractivity contribution in [3.8, 4) is 0 Å². The van der Waals surface area contributed by atoms with Crippen LogP contribution in [0.5, 0.6) is 0 Å². The highest BCUT2D eigenvalue weighted by atomic mass is 19.4. The van der Waals surface area contributed by atoms with Gasteiger partial charge in [-0.15, -0.1) is 10.2 Å². The van der Waals surface area contributed by atoms with Gasteiger partial charge < -0.3 is 20.0 Å². The Morgan fingerprint density at radius 1 is 1.00 bits per heavy atom. The molecule has 1 saturated heterocycles. The van der Waals surface area contributed by atoms with Gasteiger partial charge in [0.2, 0.25) is 0 Å². The maximum absolute atomic E-state index is 13.4. The summed E-state index contributed by atoms with van der Waals surface area (Å²) < 4.78 is 40.1. The van der Waals surface area contributed by atoms with Crippen molar-refractivity contribution in [3.05, 3.63) is 70.8 Å². The van der Waals surface area contributed by atoms with Crippen molar-refractivity contribution in [1.29, 1.82) is 0 Å². The molecular weight excluding hydrogens is 473 g/mol. The molecule has 2 aromatic carbocycles. The van der Waals surface area contributed by atoms with Crippen molar-refractivity contribution in [2.75, 3.05) is 48.3 Å². The molecule has 1 N–H and O–H groups in total. The number of halogens is 3. The van der Waals surface area contributed by atoms with Crippen LogP contribution in [0, 0.1) is 6.92 Å². The third kappa shape index (κ3) is 4.21. The van der Waals surface area contributed by atoms with Crippen LogP contribution < -0.4 is 15.1 Å². The summed E-state index contributed by atoms with van der Waals surface area (Å²) in [6.45, 7) is 3.05. The summed E-state index contributed by atoms with van der Waals surface area (Å²) in [7, 11) is 1.81. The van der Waals surface area contributed by atoms with E-state index in [0.29, 0.717) is 36.0 Å². The zero-order valence-electron chi connectivity index (χ0n) is 19.6. The molecule has 1 fully saturated rings. The van der Waals surface area contributed by atoms with Crippen LogP contribution in [0.4, 0.5) is 36.2 Å². The highest BCUT2D eigenvalue weighted by Crippen LogP contribution is 2.37. The molecule has 0 bridgehead atoms. The largest absolute Gasteiger partial charge is 0.417 e. The Morgan fingerprint density at radius 3 is 2.44 bits per heavy atom. The fraction of sp³-hybridized carbons (Fsp3) is 0.280. The number of aryl methyl sites for hydroxylation is 1. The van der Waals surface area contributed by atoms with Crippen LogP contribution in [0.1, 0.15) is 31.8 Å². The molecule has 11 heteroatoms. The topological polar surface area (TPSA) is 81.7 Å². The maximum atomic E-state index is 13.4. The number of amides is 2. The summed E-state index contributed by atoms with van der Waals surface area (Å²) in [6.07, 6.45) is -4.61. The van der Waals surface area contributed by atoms with E-state index in [2.05, 4.69) is 15.5 Å². The lowest BCUT2D eigenvalue weighted by Crippen LogP contribution is -2.49. The van der Waals surface area contributed by atoms with E-state index in [1.54, 1.807) is 11.0 Å². The normalized spacial score (nSPS) is 15.7. The van der Waals surface area contributed by atoms with Crippen LogP contribution in [0.3, 0.4) is 0 Å². The molecule has 5 rings (SSSR count). The van der Waals surface area contributed by atoms with Crippen molar-refractivity contribution in [2.45, 2.75) is 13.1 Å². The fourth-order valence-corrected chi connectivity index (χ4v) is 4.50. The number of carbonyl (C=O) groups is 2. The molecule has 0 saturated carbocycles. The first kappa shape index (κ1) is 23.6. The Balaban J connectivity index is 1.34. The van der Waals surface area contributed by atoms with Gasteiger partial charge in [0.05, 0.1) is 28.1 Å². The first-order chi connectivity index (χ1) is 17.1. The molecule has 3 aromatic rings. The standard InChI is InChI=1S/C25H23F3N6O2/c1-15-7-8-19-20(13-15)32(2)22-17(23(35)29-19)14-21(30-31-22)33-9-11-34(12-10-33)24(36)16-5-3-4-6-18(16)25(26,27)28/h3-8,13-14H,9-12H2,1-2H3,(H,29,35). The van der Waals surface area contributed by atoms with E-state index in [1.807, 2.05) is 37.1 Å². The number of rotatable bonds is 2. The van der Waals surface area contributed by atoms with Gasteiger partial charge in [0.1, 0.15) is 0 Å². The van der Waals surface area contributed by atoms with Crippen molar-refractivity contribution < 1.29 is 22.8 Å².